The van der Waals surface area contributed by atoms with E-state index in [9.17, 15) is 0 Å². The number of hydrogen-bond acceptors (Lipinski definition) is 3. The SMILES string of the molecule is CCCC[NH2+]C(CC)[Si](OC)(OC)OC.[Br-]. The third kappa shape index (κ3) is 5.24. The second-order valence-corrected chi connectivity index (χ2v) is 6.78. The first kappa shape index (κ1) is 18.9. The van der Waals surface area contributed by atoms with Crippen molar-refractivity contribution in [1.29, 1.82) is 0 Å². The molecule has 2 N–H and O–H groups in total. The van der Waals surface area contributed by atoms with Crippen molar-refractivity contribution in [3.63, 3.8) is 0 Å². The second kappa shape index (κ2) is 10.7. The molecule has 16 heavy (non-hydrogen) atoms. The molecule has 1 unspecified atom stereocenters. The highest BCUT2D eigenvalue weighted by Gasteiger charge is 2.49. The maximum atomic E-state index is 5.48. The highest BCUT2D eigenvalue weighted by molar-refractivity contribution is 6.61. The Morgan fingerprint density at radius 2 is 1.56 bits per heavy atom. The molecule has 0 aliphatic heterocycles. The van der Waals surface area contributed by atoms with Crippen molar-refractivity contribution in [2.24, 2.45) is 0 Å². The van der Waals surface area contributed by atoms with Crippen LogP contribution in [-0.4, -0.2) is 42.3 Å². The van der Waals surface area contributed by atoms with E-state index in [0.717, 1.165) is 13.0 Å². The number of rotatable bonds is 9. The van der Waals surface area contributed by atoms with Crippen molar-refractivity contribution in [1.82, 2.24) is 0 Å². The summed E-state index contributed by atoms with van der Waals surface area (Å²) in [6.45, 7) is 5.45. The van der Waals surface area contributed by atoms with E-state index in [1.807, 2.05) is 0 Å². The second-order valence-electron chi connectivity index (χ2n) is 3.61. The van der Waals surface area contributed by atoms with Crippen LogP contribution in [0.4, 0.5) is 0 Å². The molecule has 0 spiro atoms. The van der Waals surface area contributed by atoms with E-state index in [-0.39, 0.29) is 17.0 Å². The molecule has 1 atom stereocenters. The first-order chi connectivity index (χ1) is 7.20. The van der Waals surface area contributed by atoms with Gasteiger partial charge in [0.05, 0.1) is 6.54 Å². The Kier molecular flexibility index (Phi) is 12.6. The van der Waals surface area contributed by atoms with E-state index in [4.69, 9.17) is 13.3 Å². The molecule has 100 valence electrons. The topological polar surface area (TPSA) is 44.3 Å². The molecule has 4 nitrogen and oxygen atoms in total. The smallest absolute Gasteiger partial charge is 0.561 e. The van der Waals surface area contributed by atoms with Gasteiger partial charge in [-0.2, -0.15) is 0 Å². The number of halogens is 1. The third-order valence-corrected chi connectivity index (χ3v) is 6.02. The summed E-state index contributed by atoms with van der Waals surface area (Å²) in [5, 5.41) is 2.30. The minimum atomic E-state index is -2.45. The summed E-state index contributed by atoms with van der Waals surface area (Å²) in [6, 6.07) is 0. The van der Waals surface area contributed by atoms with Crippen LogP contribution in [0, 0.1) is 0 Å². The van der Waals surface area contributed by atoms with Gasteiger partial charge in [-0.25, -0.2) is 0 Å². The number of nitrogens with two attached hydrogens (primary N) is 1. The molecule has 0 aromatic heterocycles. The van der Waals surface area contributed by atoms with Crippen molar-refractivity contribution in [2.75, 3.05) is 27.9 Å². The Bertz CT molecular complexity index is 151. The Hall–Kier alpha value is 0.537. The molecule has 0 amide bonds. The summed E-state index contributed by atoms with van der Waals surface area (Å²) < 4.78 is 16.4. The van der Waals surface area contributed by atoms with Gasteiger partial charge in [0.15, 0.2) is 5.67 Å². The molecule has 6 heteroatoms. The molecule has 0 aromatic rings. The standard InChI is InChI=1S/C10H25NO3Si.BrH/c1-6-8-9-11-10(7-2)15(12-3,13-4)14-5;/h10-11H,6-9H2,1-5H3;1H. The minimum Gasteiger partial charge on any atom is -1.00 e. The van der Waals surface area contributed by atoms with E-state index >= 15 is 0 Å². The van der Waals surface area contributed by atoms with Gasteiger partial charge in [-0.05, 0) is 6.42 Å². The molecule has 0 fully saturated rings. The zero-order valence-electron chi connectivity index (χ0n) is 11.1. The third-order valence-electron chi connectivity index (χ3n) is 2.76. The zero-order valence-corrected chi connectivity index (χ0v) is 13.7. The van der Waals surface area contributed by atoms with Gasteiger partial charge < -0.3 is 35.6 Å². The van der Waals surface area contributed by atoms with E-state index in [0.29, 0.717) is 5.67 Å². The maximum absolute atomic E-state index is 5.48. The molecule has 0 aliphatic carbocycles. The molecule has 0 saturated carbocycles. The lowest BCUT2D eigenvalue weighted by Gasteiger charge is -2.29. The van der Waals surface area contributed by atoms with E-state index in [1.165, 1.54) is 12.8 Å². The molecule has 0 heterocycles. The first-order valence-corrected chi connectivity index (χ1v) is 7.49. The van der Waals surface area contributed by atoms with Crippen LogP contribution in [-0.2, 0) is 13.3 Å². The van der Waals surface area contributed by atoms with Crippen LogP contribution >= 0.6 is 0 Å². The summed E-state index contributed by atoms with van der Waals surface area (Å²) in [5.74, 6) is 0. The predicted octanol–water partition coefficient (Wildman–Crippen LogP) is -2.45. The molecular weight excluding hydrogens is 290 g/mol. The fourth-order valence-electron chi connectivity index (χ4n) is 1.79. The molecular formula is C10H26BrNO3Si. The lowest BCUT2D eigenvalue weighted by molar-refractivity contribution is -0.678. The molecule has 0 saturated heterocycles. The highest BCUT2D eigenvalue weighted by Crippen LogP contribution is 2.11. The number of unbranched alkanes of at least 4 members (excludes halogenated alkanes) is 1. The van der Waals surface area contributed by atoms with Crippen molar-refractivity contribution in [2.45, 2.75) is 38.8 Å². The van der Waals surface area contributed by atoms with Gasteiger partial charge in [-0.3, -0.25) is 0 Å². The Morgan fingerprint density at radius 3 is 1.88 bits per heavy atom. The molecule has 0 bridgehead atoms. The van der Waals surface area contributed by atoms with Gasteiger partial charge in [0.1, 0.15) is 0 Å². The van der Waals surface area contributed by atoms with Gasteiger partial charge in [0, 0.05) is 27.8 Å². The van der Waals surface area contributed by atoms with Crippen molar-refractivity contribution >= 4 is 8.80 Å². The first-order valence-electron chi connectivity index (χ1n) is 5.69. The largest absolute Gasteiger partial charge is 1.00 e. The summed E-state index contributed by atoms with van der Waals surface area (Å²) in [4.78, 5) is 0. The lowest BCUT2D eigenvalue weighted by atomic mass is 10.3. The average Bonchev–Trinajstić information content (AvgIpc) is 2.29. The van der Waals surface area contributed by atoms with E-state index in [2.05, 4.69) is 19.2 Å². The monoisotopic (exact) mass is 315 g/mol. The number of hydrogen-bond donors (Lipinski definition) is 1. The van der Waals surface area contributed by atoms with Crippen LogP contribution in [0.15, 0.2) is 0 Å². The highest BCUT2D eigenvalue weighted by atomic mass is 79.9. The number of quaternary nitrogens is 1. The molecule has 0 aromatic carbocycles. The van der Waals surface area contributed by atoms with Crippen LogP contribution in [0.1, 0.15) is 33.1 Å². The van der Waals surface area contributed by atoms with Crippen molar-refractivity contribution in [3.05, 3.63) is 0 Å². The normalized spacial score (nSPS) is 13.3. The van der Waals surface area contributed by atoms with Crippen molar-refractivity contribution < 1.29 is 35.6 Å². The summed E-state index contributed by atoms with van der Waals surface area (Å²) in [7, 11) is 2.58. The Balaban J connectivity index is 0. The predicted molar refractivity (Wildman–Crippen MR) is 62.6 cm³/mol. The van der Waals surface area contributed by atoms with Gasteiger partial charge >= 0.3 is 8.80 Å². The Morgan fingerprint density at radius 1 is 1.06 bits per heavy atom. The molecule has 0 rings (SSSR count). The minimum absolute atomic E-state index is 0. The fourth-order valence-corrected chi connectivity index (χ4v) is 4.15. The van der Waals surface area contributed by atoms with Crippen molar-refractivity contribution in [3.8, 4) is 0 Å². The van der Waals surface area contributed by atoms with Crippen LogP contribution < -0.4 is 22.3 Å². The van der Waals surface area contributed by atoms with Crippen LogP contribution in [0.5, 0.6) is 0 Å². The summed E-state index contributed by atoms with van der Waals surface area (Å²) in [5.41, 5.74) is 0.309. The lowest BCUT2D eigenvalue weighted by Crippen LogP contribution is -3.00. The molecule has 0 aliphatic rings. The quantitative estimate of drug-likeness (QED) is 0.379. The van der Waals surface area contributed by atoms with Crippen LogP contribution in [0.2, 0.25) is 0 Å². The Labute approximate surface area is 111 Å². The van der Waals surface area contributed by atoms with E-state index < -0.39 is 8.80 Å². The van der Waals surface area contributed by atoms with Gasteiger partial charge in [0.2, 0.25) is 0 Å². The molecule has 0 radical (unpaired) electrons. The van der Waals surface area contributed by atoms with Gasteiger partial charge in [-0.1, -0.05) is 20.3 Å². The van der Waals surface area contributed by atoms with Crippen LogP contribution in [0.25, 0.3) is 0 Å². The summed E-state index contributed by atoms with van der Waals surface area (Å²) >= 11 is 0. The van der Waals surface area contributed by atoms with Crippen LogP contribution in [0.3, 0.4) is 0 Å². The zero-order chi connectivity index (χ0) is 11.7. The van der Waals surface area contributed by atoms with Gasteiger partial charge in [-0.15, -0.1) is 0 Å². The van der Waals surface area contributed by atoms with E-state index in [1.54, 1.807) is 21.3 Å². The summed E-state index contributed by atoms with van der Waals surface area (Å²) in [6.07, 6.45) is 3.44. The van der Waals surface area contributed by atoms with Gasteiger partial charge in [0.25, 0.3) is 0 Å². The average molecular weight is 316 g/mol. The maximum Gasteiger partial charge on any atom is 0.561 e. The fraction of sp³-hybridized carbons (Fsp3) is 1.00.